The number of rotatable bonds is 7. The van der Waals surface area contributed by atoms with Crippen molar-refractivity contribution in [3.05, 3.63) is 58.4 Å². The molecule has 0 bridgehead atoms. The summed E-state index contributed by atoms with van der Waals surface area (Å²) in [5, 5.41) is 6.48. The molecule has 0 radical (unpaired) electrons. The van der Waals surface area contributed by atoms with Gasteiger partial charge >= 0.3 is 0 Å². The van der Waals surface area contributed by atoms with Crippen LogP contribution in [0.25, 0.3) is 0 Å². The Bertz CT molecular complexity index is 722. The molecule has 0 aromatic heterocycles. The van der Waals surface area contributed by atoms with Crippen molar-refractivity contribution in [2.45, 2.75) is 19.9 Å². The van der Waals surface area contributed by atoms with Crippen molar-refractivity contribution in [3.8, 4) is 5.75 Å². The average molecular weight is 351 g/mol. The van der Waals surface area contributed by atoms with Gasteiger partial charge in [0.05, 0.1) is 12.8 Å². The Hall–Kier alpha value is -2.27. The molecule has 2 N–H and O–H groups in total. The van der Waals surface area contributed by atoms with Gasteiger partial charge in [0.2, 0.25) is 5.91 Å². The molecule has 0 fully saturated rings. The van der Waals surface area contributed by atoms with Crippen LogP contribution < -0.4 is 15.4 Å². The maximum Gasteiger partial charge on any atom is 0.222 e. The Kier molecular flexibility index (Phi) is 6.44. The molecule has 0 unspecified atom stereocenters. The molecular formula is C18H20ClFN2O2. The van der Waals surface area contributed by atoms with Crippen LogP contribution in [0.2, 0.25) is 5.02 Å². The van der Waals surface area contributed by atoms with Gasteiger partial charge in [0.15, 0.2) is 0 Å². The first-order valence-electron chi connectivity index (χ1n) is 7.59. The highest BCUT2D eigenvalue weighted by molar-refractivity contribution is 6.31. The van der Waals surface area contributed by atoms with E-state index in [-0.39, 0.29) is 24.7 Å². The summed E-state index contributed by atoms with van der Waals surface area (Å²) in [5.74, 6) is 0.144. The number of hydrogen-bond donors (Lipinski definition) is 2. The Balaban J connectivity index is 1.83. The summed E-state index contributed by atoms with van der Waals surface area (Å²) in [6, 6.07) is 9.98. The van der Waals surface area contributed by atoms with Gasteiger partial charge in [-0.3, -0.25) is 4.79 Å². The summed E-state index contributed by atoms with van der Waals surface area (Å²) < 4.78 is 18.7. The van der Waals surface area contributed by atoms with Gasteiger partial charge < -0.3 is 15.4 Å². The highest BCUT2D eigenvalue weighted by Crippen LogP contribution is 2.30. The number of anilines is 1. The van der Waals surface area contributed by atoms with Crippen LogP contribution >= 0.6 is 11.6 Å². The van der Waals surface area contributed by atoms with Gasteiger partial charge in [-0.05, 0) is 24.6 Å². The van der Waals surface area contributed by atoms with Crippen molar-refractivity contribution in [2.75, 3.05) is 19.0 Å². The maximum absolute atomic E-state index is 13.5. The second-order valence-corrected chi connectivity index (χ2v) is 5.75. The fourth-order valence-electron chi connectivity index (χ4n) is 2.20. The number of methoxy groups -OCH3 is 1. The van der Waals surface area contributed by atoms with E-state index in [1.165, 1.54) is 6.07 Å². The monoisotopic (exact) mass is 350 g/mol. The maximum atomic E-state index is 13.5. The third-order valence-electron chi connectivity index (χ3n) is 3.58. The zero-order valence-electron chi connectivity index (χ0n) is 13.7. The van der Waals surface area contributed by atoms with Crippen LogP contribution in [-0.4, -0.2) is 19.6 Å². The zero-order chi connectivity index (χ0) is 17.5. The number of aryl methyl sites for hydroxylation is 1. The predicted molar refractivity (Wildman–Crippen MR) is 94.1 cm³/mol. The van der Waals surface area contributed by atoms with E-state index >= 15 is 0 Å². The first kappa shape index (κ1) is 18.1. The summed E-state index contributed by atoms with van der Waals surface area (Å²) in [6.07, 6.45) is 0.263. The molecule has 0 aliphatic heterocycles. The highest BCUT2D eigenvalue weighted by Gasteiger charge is 2.08. The Morgan fingerprint density at radius 3 is 2.75 bits per heavy atom. The van der Waals surface area contributed by atoms with E-state index in [1.807, 2.05) is 13.0 Å². The van der Waals surface area contributed by atoms with Crippen LogP contribution in [0.5, 0.6) is 5.75 Å². The van der Waals surface area contributed by atoms with Gasteiger partial charge in [-0.2, -0.15) is 0 Å². The molecule has 0 spiro atoms. The second-order valence-electron chi connectivity index (χ2n) is 5.35. The summed E-state index contributed by atoms with van der Waals surface area (Å²) in [4.78, 5) is 11.9. The minimum absolute atomic E-state index is 0.157. The molecule has 0 atom stereocenters. The number of hydrogen-bond acceptors (Lipinski definition) is 3. The molecule has 6 heteroatoms. The number of carbonyl (C=O) groups excluding carboxylic acids is 1. The fourth-order valence-corrected chi connectivity index (χ4v) is 2.36. The molecule has 0 aliphatic carbocycles. The third kappa shape index (κ3) is 4.86. The van der Waals surface area contributed by atoms with Crippen molar-refractivity contribution >= 4 is 23.2 Å². The number of amides is 1. The SMILES string of the molecule is COc1cc(Cl)c(C)cc1NCCC(=O)NCc1ccccc1F. The topological polar surface area (TPSA) is 50.4 Å². The minimum Gasteiger partial charge on any atom is -0.495 e. The standard InChI is InChI=1S/C18H20ClFN2O2/c1-12-9-16(17(24-2)10-14(12)19)21-8-7-18(23)22-11-13-5-3-4-6-15(13)20/h3-6,9-10,21H,7-8,11H2,1-2H3,(H,22,23). The van der Waals surface area contributed by atoms with Gasteiger partial charge in [0.1, 0.15) is 11.6 Å². The first-order chi connectivity index (χ1) is 11.5. The van der Waals surface area contributed by atoms with E-state index in [2.05, 4.69) is 10.6 Å². The smallest absolute Gasteiger partial charge is 0.222 e. The molecule has 1 amide bonds. The van der Waals surface area contributed by atoms with Crippen molar-refractivity contribution < 1.29 is 13.9 Å². The summed E-state index contributed by atoms with van der Waals surface area (Å²) in [6.45, 7) is 2.50. The number of carbonyl (C=O) groups is 1. The van der Waals surface area contributed by atoms with Gasteiger partial charge in [-0.1, -0.05) is 29.8 Å². The molecule has 2 rings (SSSR count). The molecule has 0 heterocycles. The van der Waals surface area contributed by atoms with Crippen LogP contribution in [0.15, 0.2) is 36.4 Å². The Morgan fingerprint density at radius 2 is 2.04 bits per heavy atom. The van der Waals surface area contributed by atoms with Crippen LogP contribution in [-0.2, 0) is 11.3 Å². The van der Waals surface area contributed by atoms with Crippen LogP contribution in [0.3, 0.4) is 0 Å². The molecule has 24 heavy (non-hydrogen) atoms. The second kappa shape index (κ2) is 8.55. The fraction of sp³-hybridized carbons (Fsp3) is 0.278. The molecule has 128 valence electrons. The molecular weight excluding hydrogens is 331 g/mol. The van der Waals surface area contributed by atoms with Gasteiger partial charge in [-0.15, -0.1) is 0 Å². The van der Waals surface area contributed by atoms with E-state index in [0.717, 1.165) is 11.3 Å². The van der Waals surface area contributed by atoms with E-state index < -0.39 is 0 Å². The lowest BCUT2D eigenvalue weighted by atomic mass is 10.2. The van der Waals surface area contributed by atoms with E-state index in [9.17, 15) is 9.18 Å². The van der Waals surface area contributed by atoms with Crippen LogP contribution in [0.4, 0.5) is 10.1 Å². The molecule has 2 aromatic rings. The van der Waals surface area contributed by atoms with Crippen LogP contribution in [0, 0.1) is 12.7 Å². The molecule has 0 aliphatic rings. The zero-order valence-corrected chi connectivity index (χ0v) is 14.4. The Labute approximate surface area is 146 Å². The number of ether oxygens (including phenoxy) is 1. The number of nitrogens with one attached hydrogen (secondary N) is 2. The quantitative estimate of drug-likeness (QED) is 0.796. The molecule has 0 saturated heterocycles. The summed E-state index contributed by atoms with van der Waals surface area (Å²) in [5.41, 5.74) is 2.17. The molecule has 0 saturated carbocycles. The minimum atomic E-state index is -0.322. The lowest BCUT2D eigenvalue weighted by molar-refractivity contribution is -0.121. The van der Waals surface area contributed by atoms with Crippen molar-refractivity contribution in [3.63, 3.8) is 0 Å². The summed E-state index contributed by atoms with van der Waals surface area (Å²) in [7, 11) is 1.56. The van der Waals surface area contributed by atoms with Gasteiger partial charge in [0, 0.05) is 36.2 Å². The highest BCUT2D eigenvalue weighted by atomic mass is 35.5. The number of halogens is 2. The van der Waals surface area contributed by atoms with E-state index in [0.29, 0.717) is 22.9 Å². The third-order valence-corrected chi connectivity index (χ3v) is 3.99. The van der Waals surface area contributed by atoms with E-state index in [1.54, 1.807) is 31.4 Å². The lowest BCUT2D eigenvalue weighted by Crippen LogP contribution is -2.25. The Morgan fingerprint density at radius 1 is 1.29 bits per heavy atom. The first-order valence-corrected chi connectivity index (χ1v) is 7.97. The van der Waals surface area contributed by atoms with Gasteiger partial charge in [-0.25, -0.2) is 4.39 Å². The largest absolute Gasteiger partial charge is 0.495 e. The van der Waals surface area contributed by atoms with Crippen molar-refractivity contribution in [1.29, 1.82) is 0 Å². The normalized spacial score (nSPS) is 10.3. The molecule has 2 aromatic carbocycles. The number of benzene rings is 2. The average Bonchev–Trinajstić information content (AvgIpc) is 2.57. The lowest BCUT2D eigenvalue weighted by Gasteiger charge is -2.13. The summed E-state index contributed by atoms with van der Waals surface area (Å²) >= 11 is 6.06. The van der Waals surface area contributed by atoms with Gasteiger partial charge in [0.25, 0.3) is 0 Å². The predicted octanol–water partition coefficient (Wildman–Crippen LogP) is 3.91. The van der Waals surface area contributed by atoms with Crippen molar-refractivity contribution in [2.24, 2.45) is 0 Å². The van der Waals surface area contributed by atoms with Crippen LogP contribution in [0.1, 0.15) is 17.5 Å². The van der Waals surface area contributed by atoms with Crippen molar-refractivity contribution in [1.82, 2.24) is 5.32 Å². The van der Waals surface area contributed by atoms with E-state index in [4.69, 9.17) is 16.3 Å². The molecule has 4 nitrogen and oxygen atoms in total.